The number of hydrogen-bond acceptors (Lipinski definition) is 4. The number of hydrogen-bond donors (Lipinski definition) is 0. The van der Waals surface area contributed by atoms with E-state index in [0.29, 0.717) is 25.3 Å². The summed E-state index contributed by atoms with van der Waals surface area (Å²) < 4.78 is 32.3. The molecule has 0 atom stereocenters. The zero-order chi connectivity index (χ0) is 21.1. The molecule has 30 heavy (non-hydrogen) atoms. The third-order valence-corrected chi connectivity index (χ3v) is 7.42. The van der Waals surface area contributed by atoms with E-state index in [-0.39, 0.29) is 23.9 Å². The van der Waals surface area contributed by atoms with Crippen LogP contribution in [0.3, 0.4) is 0 Å². The molecule has 7 heteroatoms. The molecule has 0 N–H and O–H groups in total. The molecule has 0 unspecified atom stereocenters. The van der Waals surface area contributed by atoms with Gasteiger partial charge in [-0.05, 0) is 40.6 Å². The van der Waals surface area contributed by atoms with Crippen LogP contribution in [-0.4, -0.2) is 56.8 Å². The number of sulfonamides is 1. The van der Waals surface area contributed by atoms with E-state index in [4.69, 9.17) is 4.74 Å². The minimum atomic E-state index is -3.58. The maximum Gasteiger partial charge on any atom is 0.243 e. The van der Waals surface area contributed by atoms with Crippen LogP contribution in [0.1, 0.15) is 5.56 Å². The highest BCUT2D eigenvalue weighted by Gasteiger charge is 2.30. The number of nitrogens with zero attached hydrogens (tertiary/aromatic N) is 2. The third kappa shape index (κ3) is 4.04. The summed E-state index contributed by atoms with van der Waals surface area (Å²) in [5, 5.41) is 2.19. The summed E-state index contributed by atoms with van der Waals surface area (Å²) in [4.78, 5) is 14.8. The monoisotopic (exact) mass is 424 g/mol. The first-order chi connectivity index (χ1) is 14.5. The van der Waals surface area contributed by atoms with E-state index >= 15 is 0 Å². The molecule has 0 bridgehead atoms. The Morgan fingerprint density at radius 2 is 1.57 bits per heavy atom. The van der Waals surface area contributed by atoms with Gasteiger partial charge in [-0.25, -0.2) is 8.42 Å². The van der Waals surface area contributed by atoms with Crippen molar-refractivity contribution in [2.45, 2.75) is 11.3 Å². The molecule has 0 aliphatic carbocycles. The average molecular weight is 425 g/mol. The molecule has 1 amide bonds. The van der Waals surface area contributed by atoms with Gasteiger partial charge in [0.1, 0.15) is 5.75 Å². The first-order valence-electron chi connectivity index (χ1n) is 9.87. The Morgan fingerprint density at radius 1 is 0.900 bits per heavy atom. The highest BCUT2D eigenvalue weighted by atomic mass is 32.2. The van der Waals surface area contributed by atoms with Gasteiger partial charge in [-0.1, -0.05) is 42.5 Å². The predicted octanol–water partition coefficient (Wildman–Crippen LogP) is 2.92. The largest absolute Gasteiger partial charge is 0.497 e. The second-order valence-corrected chi connectivity index (χ2v) is 9.21. The van der Waals surface area contributed by atoms with E-state index in [2.05, 4.69) is 0 Å². The molecule has 1 heterocycles. The zero-order valence-corrected chi connectivity index (χ0v) is 17.6. The van der Waals surface area contributed by atoms with Gasteiger partial charge in [-0.3, -0.25) is 4.79 Å². The van der Waals surface area contributed by atoms with Crippen molar-refractivity contribution < 1.29 is 17.9 Å². The smallest absolute Gasteiger partial charge is 0.243 e. The number of ether oxygens (including phenoxy) is 1. The first kappa shape index (κ1) is 20.4. The summed E-state index contributed by atoms with van der Waals surface area (Å²) in [6.45, 7) is 1.35. The second-order valence-electron chi connectivity index (χ2n) is 7.28. The van der Waals surface area contributed by atoms with Crippen molar-refractivity contribution in [3.63, 3.8) is 0 Å². The van der Waals surface area contributed by atoms with E-state index in [1.807, 2.05) is 42.5 Å². The van der Waals surface area contributed by atoms with Crippen molar-refractivity contribution in [1.82, 2.24) is 9.21 Å². The van der Waals surface area contributed by atoms with Gasteiger partial charge in [0.05, 0.1) is 18.4 Å². The lowest BCUT2D eigenvalue weighted by Gasteiger charge is -2.34. The minimum Gasteiger partial charge on any atom is -0.497 e. The van der Waals surface area contributed by atoms with Crippen LogP contribution in [0.5, 0.6) is 5.75 Å². The lowest BCUT2D eigenvalue weighted by Crippen LogP contribution is -2.50. The highest BCUT2D eigenvalue weighted by Crippen LogP contribution is 2.22. The molecule has 1 fully saturated rings. The molecule has 0 spiro atoms. The Hall–Kier alpha value is -2.90. The molecule has 1 saturated heterocycles. The summed E-state index contributed by atoms with van der Waals surface area (Å²) in [6, 6.07) is 20.4. The number of carbonyl (C=O) groups is 1. The van der Waals surface area contributed by atoms with Crippen LogP contribution in [0, 0.1) is 0 Å². The number of fused-ring (bicyclic) bond motifs is 1. The number of methoxy groups -OCH3 is 1. The molecule has 0 aromatic heterocycles. The van der Waals surface area contributed by atoms with Gasteiger partial charge in [0, 0.05) is 26.2 Å². The Bertz CT molecular complexity index is 1150. The molecule has 0 saturated carbocycles. The molecular formula is C23H24N2O4S. The summed E-state index contributed by atoms with van der Waals surface area (Å²) in [5.41, 5.74) is 0.992. The van der Waals surface area contributed by atoms with Crippen molar-refractivity contribution in [1.29, 1.82) is 0 Å². The van der Waals surface area contributed by atoms with Gasteiger partial charge in [0.15, 0.2) is 0 Å². The van der Waals surface area contributed by atoms with Crippen LogP contribution in [0.15, 0.2) is 71.6 Å². The molecule has 3 aromatic rings. The molecule has 1 aliphatic heterocycles. The van der Waals surface area contributed by atoms with E-state index in [1.165, 1.54) is 11.4 Å². The third-order valence-electron chi connectivity index (χ3n) is 5.51. The van der Waals surface area contributed by atoms with Crippen LogP contribution in [-0.2, 0) is 21.2 Å². The Morgan fingerprint density at radius 3 is 2.27 bits per heavy atom. The number of carbonyl (C=O) groups excluding carboxylic acids is 1. The average Bonchev–Trinajstić information content (AvgIpc) is 2.79. The van der Waals surface area contributed by atoms with Crippen molar-refractivity contribution in [3.05, 3.63) is 72.3 Å². The molecule has 156 valence electrons. The summed E-state index contributed by atoms with van der Waals surface area (Å²) in [5.74, 6) is 0.630. The van der Waals surface area contributed by atoms with Crippen LogP contribution >= 0.6 is 0 Å². The molecule has 0 radical (unpaired) electrons. The molecule has 1 aliphatic rings. The minimum absolute atomic E-state index is 0.0212. The molecular weight excluding hydrogens is 400 g/mol. The second kappa shape index (κ2) is 8.45. The van der Waals surface area contributed by atoms with Crippen molar-refractivity contribution in [2.75, 3.05) is 33.3 Å². The fourth-order valence-corrected chi connectivity index (χ4v) is 5.22. The van der Waals surface area contributed by atoms with E-state index in [0.717, 1.165) is 16.3 Å². The van der Waals surface area contributed by atoms with Gasteiger partial charge in [-0.15, -0.1) is 0 Å². The quantitative estimate of drug-likeness (QED) is 0.632. The Kier molecular flexibility index (Phi) is 5.74. The van der Waals surface area contributed by atoms with E-state index in [1.54, 1.807) is 29.2 Å². The summed E-state index contributed by atoms with van der Waals surface area (Å²) in [6.07, 6.45) is 0.312. The maximum absolute atomic E-state index is 12.9. The zero-order valence-electron chi connectivity index (χ0n) is 16.8. The Balaban J connectivity index is 1.41. The molecule has 3 aromatic carbocycles. The van der Waals surface area contributed by atoms with Gasteiger partial charge in [0.2, 0.25) is 15.9 Å². The molecule has 6 nitrogen and oxygen atoms in total. The molecule has 4 rings (SSSR count). The van der Waals surface area contributed by atoms with Crippen molar-refractivity contribution in [3.8, 4) is 5.75 Å². The highest BCUT2D eigenvalue weighted by molar-refractivity contribution is 7.89. The van der Waals surface area contributed by atoms with Gasteiger partial charge in [0.25, 0.3) is 0 Å². The van der Waals surface area contributed by atoms with Crippen LogP contribution < -0.4 is 4.74 Å². The predicted molar refractivity (Wildman–Crippen MR) is 116 cm³/mol. The van der Waals surface area contributed by atoms with Crippen LogP contribution in [0.25, 0.3) is 10.8 Å². The number of amides is 1. The van der Waals surface area contributed by atoms with Crippen LogP contribution in [0.4, 0.5) is 0 Å². The number of rotatable bonds is 5. The first-order valence-corrected chi connectivity index (χ1v) is 11.3. The topological polar surface area (TPSA) is 66.9 Å². The van der Waals surface area contributed by atoms with Gasteiger partial charge in [-0.2, -0.15) is 4.31 Å². The van der Waals surface area contributed by atoms with Crippen molar-refractivity contribution >= 4 is 26.7 Å². The normalized spacial score (nSPS) is 15.3. The lowest BCUT2D eigenvalue weighted by atomic mass is 10.0. The Labute approximate surface area is 176 Å². The van der Waals surface area contributed by atoms with Gasteiger partial charge >= 0.3 is 0 Å². The van der Waals surface area contributed by atoms with E-state index < -0.39 is 10.0 Å². The summed E-state index contributed by atoms with van der Waals surface area (Å²) >= 11 is 0. The van der Waals surface area contributed by atoms with Crippen LogP contribution in [0.2, 0.25) is 0 Å². The standard InChI is InChI=1S/C23H24N2O4S/c1-29-20-9-11-21(12-10-20)30(27,28)25-15-13-24(14-16-25)23(26)17-19-7-4-6-18-5-2-3-8-22(18)19/h2-12H,13-17H2,1H3. The fourth-order valence-electron chi connectivity index (χ4n) is 3.80. The number of piperazine rings is 1. The maximum atomic E-state index is 12.9. The fraction of sp³-hybridized carbons (Fsp3) is 0.261. The van der Waals surface area contributed by atoms with Crippen molar-refractivity contribution in [2.24, 2.45) is 0 Å². The summed E-state index contributed by atoms with van der Waals surface area (Å²) in [7, 11) is -2.04. The lowest BCUT2D eigenvalue weighted by molar-refractivity contribution is -0.131. The van der Waals surface area contributed by atoms with E-state index in [9.17, 15) is 13.2 Å². The number of benzene rings is 3. The van der Waals surface area contributed by atoms with Gasteiger partial charge < -0.3 is 9.64 Å². The SMILES string of the molecule is COc1ccc(S(=O)(=O)N2CCN(C(=O)Cc3cccc4ccccc34)CC2)cc1.